The number of piperazine rings is 1. The van der Waals surface area contributed by atoms with Crippen LogP contribution in [-0.4, -0.2) is 68.6 Å². The van der Waals surface area contributed by atoms with Gasteiger partial charge < -0.3 is 14.7 Å². The van der Waals surface area contributed by atoms with Crippen molar-refractivity contribution in [3.05, 3.63) is 54.2 Å². The maximum Gasteiger partial charge on any atom is 0.254 e. The Labute approximate surface area is 193 Å². The predicted octanol–water partition coefficient (Wildman–Crippen LogP) is 3.35. The zero-order chi connectivity index (χ0) is 22.7. The van der Waals surface area contributed by atoms with Crippen molar-refractivity contribution in [2.24, 2.45) is 0 Å². The summed E-state index contributed by atoms with van der Waals surface area (Å²) in [6.07, 6.45) is 3.31. The number of epoxide rings is 1. The van der Waals surface area contributed by atoms with Gasteiger partial charge in [0.25, 0.3) is 5.91 Å². The summed E-state index contributed by atoms with van der Waals surface area (Å²) in [5, 5.41) is 15.7. The first-order valence-corrected chi connectivity index (χ1v) is 11.9. The molecule has 2 saturated heterocycles. The van der Waals surface area contributed by atoms with Gasteiger partial charge in [0.1, 0.15) is 17.9 Å². The van der Waals surface area contributed by atoms with Gasteiger partial charge in [-0.05, 0) is 55.5 Å². The van der Waals surface area contributed by atoms with Crippen molar-refractivity contribution >= 4 is 16.8 Å². The van der Waals surface area contributed by atoms with E-state index in [1.165, 1.54) is 16.7 Å². The quantitative estimate of drug-likeness (QED) is 0.609. The zero-order valence-electron chi connectivity index (χ0n) is 19.1. The Kier molecular flexibility index (Phi) is 4.83. The number of aromatic nitrogens is 2. The highest BCUT2D eigenvalue weighted by Gasteiger charge is 2.51. The van der Waals surface area contributed by atoms with E-state index in [-0.39, 0.29) is 18.2 Å². The van der Waals surface area contributed by atoms with Gasteiger partial charge in [0.15, 0.2) is 0 Å². The van der Waals surface area contributed by atoms with Crippen LogP contribution in [0.15, 0.2) is 48.7 Å². The lowest BCUT2D eigenvalue weighted by atomic mass is 10.0. The second kappa shape index (κ2) is 7.65. The van der Waals surface area contributed by atoms with E-state index in [1.807, 2.05) is 6.20 Å². The molecular weight excluding hydrogens is 416 g/mol. The van der Waals surface area contributed by atoms with Gasteiger partial charge in [-0.1, -0.05) is 30.3 Å². The minimum absolute atomic E-state index is 0.0790. The summed E-state index contributed by atoms with van der Waals surface area (Å²) in [5.74, 6) is -0.0965. The molecule has 3 aromatic rings. The highest BCUT2D eigenvalue weighted by Crippen LogP contribution is 2.42. The van der Waals surface area contributed by atoms with Crippen LogP contribution in [0.5, 0.6) is 0 Å². The molecule has 3 fully saturated rings. The minimum atomic E-state index is -1.07. The molecule has 1 aromatic heterocycles. The number of amides is 1. The minimum Gasteiger partial charge on any atom is -0.380 e. The summed E-state index contributed by atoms with van der Waals surface area (Å²) < 4.78 is 8.06. The van der Waals surface area contributed by atoms with E-state index in [4.69, 9.17) is 4.74 Å². The largest absolute Gasteiger partial charge is 0.380 e. The van der Waals surface area contributed by atoms with Crippen LogP contribution < -0.4 is 0 Å². The van der Waals surface area contributed by atoms with Crippen molar-refractivity contribution in [2.45, 2.75) is 50.7 Å². The molecule has 1 amide bonds. The van der Waals surface area contributed by atoms with Gasteiger partial charge in [-0.3, -0.25) is 14.4 Å². The lowest BCUT2D eigenvalue weighted by molar-refractivity contribution is -0.144. The molecule has 0 bridgehead atoms. The van der Waals surface area contributed by atoms with Gasteiger partial charge in [-0.25, -0.2) is 0 Å². The lowest BCUT2D eigenvalue weighted by Gasteiger charge is -2.35. The van der Waals surface area contributed by atoms with Crippen molar-refractivity contribution in [1.29, 1.82) is 0 Å². The van der Waals surface area contributed by atoms with Gasteiger partial charge in [0.05, 0.1) is 11.7 Å². The Bertz CT molecular complexity index is 1190. The van der Waals surface area contributed by atoms with Crippen LogP contribution >= 0.6 is 0 Å². The van der Waals surface area contributed by atoms with Crippen molar-refractivity contribution in [3.8, 4) is 11.1 Å². The van der Waals surface area contributed by atoms with E-state index < -0.39 is 5.60 Å². The van der Waals surface area contributed by atoms with Crippen molar-refractivity contribution in [1.82, 2.24) is 19.6 Å². The van der Waals surface area contributed by atoms with Crippen LogP contribution in [0.4, 0.5) is 0 Å². The molecule has 3 heterocycles. The van der Waals surface area contributed by atoms with E-state index in [0.29, 0.717) is 32.0 Å². The molecule has 172 valence electrons. The Morgan fingerprint density at radius 1 is 1.06 bits per heavy atom. The first-order valence-electron chi connectivity index (χ1n) is 11.9. The molecule has 7 heteroatoms. The predicted molar refractivity (Wildman–Crippen MR) is 126 cm³/mol. The topological polar surface area (TPSA) is 74.1 Å². The van der Waals surface area contributed by atoms with E-state index in [2.05, 4.69) is 71.0 Å². The average Bonchev–Trinajstić information content (AvgIpc) is 3.75. The van der Waals surface area contributed by atoms with Crippen molar-refractivity contribution in [2.75, 3.05) is 26.2 Å². The van der Waals surface area contributed by atoms with Gasteiger partial charge in [-0.2, -0.15) is 5.10 Å². The first kappa shape index (κ1) is 20.8. The Balaban J connectivity index is 1.09. The molecule has 1 aliphatic carbocycles. The first-order chi connectivity index (χ1) is 15.9. The second-order valence-corrected chi connectivity index (χ2v) is 9.89. The second-order valence-electron chi connectivity index (χ2n) is 9.89. The SMILES string of the molecule is CC(C)n1ncc2cc(-c3ccc(C4OC4N4CCN(C(=O)C5(O)CC5)CC4)cc3)ccc21. The molecule has 2 aliphatic heterocycles. The van der Waals surface area contributed by atoms with E-state index in [1.54, 1.807) is 4.90 Å². The van der Waals surface area contributed by atoms with Crippen LogP contribution in [0.25, 0.3) is 22.0 Å². The third-order valence-electron chi connectivity index (χ3n) is 7.21. The Hall–Kier alpha value is -2.74. The van der Waals surface area contributed by atoms with Gasteiger partial charge >= 0.3 is 0 Å². The number of aliphatic hydroxyl groups is 1. The molecule has 1 N–H and O–H groups in total. The normalized spacial score (nSPS) is 24.4. The summed E-state index contributed by atoms with van der Waals surface area (Å²) in [4.78, 5) is 16.4. The average molecular weight is 447 g/mol. The lowest BCUT2D eigenvalue weighted by Crippen LogP contribution is -2.52. The van der Waals surface area contributed by atoms with E-state index in [0.717, 1.165) is 24.0 Å². The molecule has 33 heavy (non-hydrogen) atoms. The highest BCUT2D eigenvalue weighted by atomic mass is 16.6. The zero-order valence-corrected chi connectivity index (χ0v) is 19.1. The number of benzene rings is 2. The fraction of sp³-hybridized carbons (Fsp3) is 0.462. The number of ether oxygens (including phenoxy) is 1. The van der Waals surface area contributed by atoms with Gasteiger partial charge in [0.2, 0.25) is 0 Å². The molecule has 7 nitrogen and oxygen atoms in total. The molecule has 2 atom stereocenters. The standard InChI is InChI=1S/C26H30N4O3/c1-17(2)30-22-8-7-20(15-21(22)16-27-30)18-3-5-19(6-4-18)23-24(33-23)28-11-13-29(14-12-28)25(31)26(32)9-10-26/h3-8,15-17,23-24,32H,9-14H2,1-2H3. The van der Waals surface area contributed by atoms with Crippen LogP contribution in [0.1, 0.15) is 44.4 Å². The number of carbonyl (C=O) groups excluding carboxylic acids is 1. The molecule has 0 spiro atoms. The van der Waals surface area contributed by atoms with Crippen molar-refractivity contribution in [3.63, 3.8) is 0 Å². The summed E-state index contributed by atoms with van der Waals surface area (Å²) in [5.41, 5.74) is 3.64. The number of nitrogens with zero attached hydrogens (tertiary/aromatic N) is 4. The number of rotatable bonds is 5. The summed E-state index contributed by atoms with van der Waals surface area (Å²) >= 11 is 0. The number of carbonyl (C=O) groups is 1. The maximum absolute atomic E-state index is 12.3. The fourth-order valence-corrected chi connectivity index (χ4v) is 4.94. The third-order valence-corrected chi connectivity index (χ3v) is 7.21. The van der Waals surface area contributed by atoms with Gasteiger partial charge in [-0.15, -0.1) is 0 Å². The number of hydrogen-bond donors (Lipinski definition) is 1. The van der Waals surface area contributed by atoms with Crippen LogP contribution in [0, 0.1) is 0 Å². The molecule has 2 unspecified atom stereocenters. The van der Waals surface area contributed by atoms with Gasteiger partial charge in [0, 0.05) is 37.6 Å². The summed E-state index contributed by atoms with van der Waals surface area (Å²) in [6, 6.07) is 15.5. The summed E-state index contributed by atoms with van der Waals surface area (Å²) in [6.45, 7) is 7.16. The van der Waals surface area contributed by atoms with E-state index >= 15 is 0 Å². The Morgan fingerprint density at radius 3 is 2.42 bits per heavy atom. The number of fused-ring (bicyclic) bond motifs is 1. The maximum atomic E-state index is 12.3. The van der Waals surface area contributed by atoms with E-state index in [9.17, 15) is 9.90 Å². The summed E-state index contributed by atoms with van der Waals surface area (Å²) in [7, 11) is 0. The molecular formula is C26H30N4O3. The van der Waals surface area contributed by atoms with Crippen LogP contribution in [0.2, 0.25) is 0 Å². The molecule has 3 aliphatic rings. The molecule has 2 aromatic carbocycles. The molecule has 1 saturated carbocycles. The number of hydrogen-bond acceptors (Lipinski definition) is 5. The fourth-order valence-electron chi connectivity index (χ4n) is 4.94. The molecule has 0 radical (unpaired) electrons. The Morgan fingerprint density at radius 2 is 1.76 bits per heavy atom. The van der Waals surface area contributed by atoms with Crippen LogP contribution in [0.3, 0.4) is 0 Å². The van der Waals surface area contributed by atoms with Crippen LogP contribution in [-0.2, 0) is 9.53 Å². The highest BCUT2D eigenvalue weighted by molar-refractivity contribution is 5.88. The van der Waals surface area contributed by atoms with Crippen molar-refractivity contribution < 1.29 is 14.6 Å². The third kappa shape index (κ3) is 3.74. The smallest absolute Gasteiger partial charge is 0.254 e. The molecule has 6 rings (SSSR count). The monoisotopic (exact) mass is 446 g/mol.